The minimum Gasteiger partial charge on any atom is -0.467 e. The van der Waals surface area contributed by atoms with Gasteiger partial charge in [-0.1, -0.05) is 30.3 Å². The average molecular weight is 427 g/mol. The van der Waals surface area contributed by atoms with E-state index in [1.54, 1.807) is 5.38 Å². The fourth-order valence-electron chi connectivity index (χ4n) is 2.93. The molecule has 2 aromatic carbocycles. The molecule has 0 amide bonds. The number of non-ortho nitro benzene ring substituents is 1. The molecule has 0 aliphatic carbocycles. The number of aromatic nitrogens is 1. The number of thiazole rings is 1. The minimum absolute atomic E-state index is 0.0360. The van der Waals surface area contributed by atoms with Crippen LogP contribution >= 0.6 is 11.3 Å². The lowest BCUT2D eigenvalue weighted by Crippen LogP contribution is -2.15. The molecule has 0 bridgehead atoms. The van der Waals surface area contributed by atoms with E-state index in [0.717, 1.165) is 5.56 Å². The van der Waals surface area contributed by atoms with Crippen molar-refractivity contribution in [3.05, 3.63) is 80.3 Å². The van der Waals surface area contributed by atoms with Crippen LogP contribution in [0.3, 0.4) is 0 Å². The van der Waals surface area contributed by atoms with E-state index in [9.17, 15) is 14.9 Å². The summed E-state index contributed by atoms with van der Waals surface area (Å²) in [5.74, 6) is -0.172. The number of nitro benzene ring substituents is 1. The fraction of sp³-hybridized carbons (Fsp3) is 0.200. The molecule has 1 aliphatic rings. The number of esters is 1. The molecule has 0 unspecified atom stereocenters. The summed E-state index contributed by atoms with van der Waals surface area (Å²) in [7, 11) is 0. The lowest BCUT2D eigenvalue weighted by Gasteiger charge is -2.20. The lowest BCUT2D eigenvalue weighted by molar-refractivity contribution is -0.385. The summed E-state index contributed by atoms with van der Waals surface area (Å²) in [6.07, 6.45) is 0. The number of benzene rings is 2. The van der Waals surface area contributed by atoms with Crippen molar-refractivity contribution in [2.75, 3.05) is 12.1 Å². The topological polar surface area (TPSA) is 113 Å². The minimum atomic E-state index is -0.619. The second-order valence-electron chi connectivity index (χ2n) is 6.41. The van der Waals surface area contributed by atoms with E-state index in [1.807, 2.05) is 30.3 Å². The van der Waals surface area contributed by atoms with Crippen molar-refractivity contribution in [2.24, 2.45) is 0 Å². The number of nitro groups is 1. The quantitative estimate of drug-likeness (QED) is 0.343. The van der Waals surface area contributed by atoms with E-state index in [2.05, 4.69) is 10.3 Å². The summed E-state index contributed by atoms with van der Waals surface area (Å²) >= 11 is 1.29. The van der Waals surface area contributed by atoms with Crippen LogP contribution in [-0.4, -0.2) is 22.7 Å². The van der Waals surface area contributed by atoms with Crippen LogP contribution in [0.15, 0.2) is 47.8 Å². The lowest BCUT2D eigenvalue weighted by atomic mass is 10.1. The second-order valence-corrected chi connectivity index (χ2v) is 7.27. The Morgan fingerprint density at radius 1 is 1.30 bits per heavy atom. The van der Waals surface area contributed by atoms with Gasteiger partial charge in [0.05, 0.1) is 11.5 Å². The van der Waals surface area contributed by atoms with Crippen molar-refractivity contribution in [1.82, 2.24) is 4.98 Å². The van der Waals surface area contributed by atoms with E-state index in [1.165, 1.54) is 23.5 Å². The Balaban J connectivity index is 1.41. The average Bonchev–Trinajstić information content (AvgIpc) is 3.25. The highest BCUT2D eigenvalue weighted by Gasteiger charge is 2.22. The molecule has 30 heavy (non-hydrogen) atoms. The van der Waals surface area contributed by atoms with Gasteiger partial charge in [-0.05, 0) is 5.56 Å². The maximum atomic E-state index is 12.4. The summed E-state index contributed by atoms with van der Waals surface area (Å²) in [4.78, 5) is 27.3. The first-order valence-electron chi connectivity index (χ1n) is 9.01. The first kappa shape index (κ1) is 19.8. The van der Waals surface area contributed by atoms with Gasteiger partial charge in [0.1, 0.15) is 12.4 Å². The van der Waals surface area contributed by atoms with Crippen molar-refractivity contribution in [2.45, 2.75) is 19.8 Å². The Kier molecular flexibility index (Phi) is 5.87. The van der Waals surface area contributed by atoms with E-state index in [0.29, 0.717) is 28.6 Å². The van der Waals surface area contributed by atoms with E-state index in [-0.39, 0.29) is 31.4 Å². The van der Waals surface area contributed by atoms with Crippen molar-refractivity contribution < 1.29 is 23.9 Å². The van der Waals surface area contributed by atoms with Crippen LogP contribution in [0, 0.1) is 10.1 Å². The molecular weight excluding hydrogens is 410 g/mol. The molecular formula is C20H17N3O6S. The maximum Gasteiger partial charge on any atom is 0.358 e. The second kappa shape index (κ2) is 8.89. The largest absolute Gasteiger partial charge is 0.467 e. The highest BCUT2D eigenvalue weighted by atomic mass is 32.1. The fourth-order valence-corrected chi connectivity index (χ4v) is 3.61. The molecule has 0 saturated heterocycles. The van der Waals surface area contributed by atoms with Crippen LogP contribution in [0.1, 0.15) is 27.2 Å². The van der Waals surface area contributed by atoms with Gasteiger partial charge in [-0.2, -0.15) is 0 Å². The van der Waals surface area contributed by atoms with Gasteiger partial charge < -0.3 is 19.5 Å². The molecule has 0 fully saturated rings. The zero-order valence-electron chi connectivity index (χ0n) is 15.7. The van der Waals surface area contributed by atoms with Gasteiger partial charge >= 0.3 is 5.97 Å². The summed E-state index contributed by atoms with van der Waals surface area (Å²) in [6.45, 7) is 0.643. The van der Waals surface area contributed by atoms with Crippen LogP contribution in [0.2, 0.25) is 0 Å². The molecule has 4 rings (SSSR count). The standard InChI is InChI=1S/C20H17N3O6S/c24-19(17-11-30-20(22-17)21-8-13-4-2-1-3-5-13)28-10-15-7-16(23(25)26)6-14-9-27-12-29-18(14)15/h1-7,11H,8-10,12H2,(H,21,22). The first-order chi connectivity index (χ1) is 14.6. The number of carbonyl (C=O) groups excluding carboxylic acids is 1. The highest BCUT2D eigenvalue weighted by Crippen LogP contribution is 2.33. The van der Waals surface area contributed by atoms with Crippen molar-refractivity contribution in [1.29, 1.82) is 0 Å². The van der Waals surface area contributed by atoms with Crippen LogP contribution in [0.5, 0.6) is 5.75 Å². The molecule has 0 saturated carbocycles. The van der Waals surface area contributed by atoms with Gasteiger partial charge in [-0.3, -0.25) is 10.1 Å². The van der Waals surface area contributed by atoms with E-state index < -0.39 is 10.9 Å². The number of fused-ring (bicyclic) bond motifs is 1. The summed E-state index contributed by atoms with van der Waals surface area (Å²) in [6, 6.07) is 12.5. The number of rotatable bonds is 7. The van der Waals surface area contributed by atoms with Gasteiger partial charge in [-0.25, -0.2) is 9.78 Å². The number of ether oxygens (including phenoxy) is 3. The Labute approximate surface area is 175 Å². The highest BCUT2D eigenvalue weighted by molar-refractivity contribution is 7.13. The van der Waals surface area contributed by atoms with Crippen molar-refractivity contribution in [3.8, 4) is 5.75 Å². The third-order valence-electron chi connectivity index (χ3n) is 4.34. The Bertz CT molecular complexity index is 1070. The van der Waals surface area contributed by atoms with Gasteiger partial charge in [0.25, 0.3) is 5.69 Å². The predicted molar refractivity (Wildman–Crippen MR) is 108 cm³/mol. The number of nitrogens with zero attached hydrogens (tertiary/aromatic N) is 2. The Morgan fingerprint density at radius 2 is 2.13 bits per heavy atom. The molecule has 9 nitrogen and oxygen atoms in total. The molecule has 154 valence electrons. The SMILES string of the molecule is O=C(OCc1cc([N+](=O)[O-])cc2c1OCOC2)c1csc(NCc2ccccc2)n1. The smallest absolute Gasteiger partial charge is 0.358 e. The normalized spacial score (nSPS) is 12.5. The monoisotopic (exact) mass is 427 g/mol. The van der Waals surface area contributed by atoms with Crippen LogP contribution < -0.4 is 10.1 Å². The first-order valence-corrected chi connectivity index (χ1v) is 9.89. The number of anilines is 1. The van der Waals surface area contributed by atoms with Gasteiger partial charge in [0.15, 0.2) is 17.6 Å². The third kappa shape index (κ3) is 4.56. The Hall–Kier alpha value is -3.50. The molecule has 2 heterocycles. The summed E-state index contributed by atoms with van der Waals surface area (Å²) in [5.41, 5.74) is 2.10. The van der Waals surface area contributed by atoms with Crippen LogP contribution in [-0.2, 0) is 29.2 Å². The van der Waals surface area contributed by atoms with Crippen LogP contribution in [0.25, 0.3) is 0 Å². The molecule has 0 atom stereocenters. The van der Waals surface area contributed by atoms with Gasteiger partial charge in [0.2, 0.25) is 0 Å². The summed E-state index contributed by atoms with van der Waals surface area (Å²) < 4.78 is 15.9. The summed E-state index contributed by atoms with van der Waals surface area (Å²) in [5, 5.41) is 16.5. The van der Waals surface area contributed by atoms with E-state index >= 15 is 0 Å². The zero-order chi connectivity index (χ0) is 20.9. The molecule has 3 aromatic rings. The molecule has 1 aliphatic heterocycles. The molecule has 1 N–H and O–H groups in total. The van der Waals surface area contributed by atoms with Crippen LogP contribution in [0.4, 0.5) is 10.8 Å². The number of hydrogen-bond donors (Lipinski definition) is 1. The zero-order valence-corrected chi connectivity index (χ0v) is 16.5. The number of hydrogen-bond acceptors (Lipinski definition) is 9. The van der Waals surface area contributed by atoms with Gasteiger partial charge in [-0.15, -0.1) is 11.3 Å². The number of carbonyl (C=O) groups is 1. The van der Waals surface area contributed by atoms with E-state index in [4.69, 9.17) is 14.2 Å². The van der Waals surface area contributed by atoms with Crippen molar-refractivity contribution in [3.63, 3.8) is 0 Å². The molecule has 10 heteroatoms. The predicted octanol–water partition coefficient (Wildman–Crippen LogP) is 3.89. The number of nitrogens with one attached hydrogen (secondary N) is 1. The van der Waals surface area contributed by atoms with Gasteiger partial charge in [0, 0.05) is 35.2 Å². The third-order valence-corrected chi connectivity index (χ3v) is 5.14. The Morgan fingerprint density at radius 3 is 2.93 bits per heavy atom. The maximum absolute atomic E-state index is 12.4. The van der Waals surface area contributed by atoms with Crippen molar-refractivity contribution >= 4 is 28.1 Å². The molecule has 0 radical (unpaired) electrons. The molecule has 0 spiro atoms. The molecule has 1 aromatic heterocycles.